The number of carbonyl (C=O) groups excluding carboxylic acids is 1. The zero-order valence-electron chi connectivity index (χ0n) is 19.6. The molecule has 0 unspecified atom stereocenters. The number of carbonyl (C=O) groups is 1. The van der Waals surface area contributed by atoms with E-state index >= 15 is 0 Å². The molecule has 35 heavy (non-hydrogen) atoms. The first-order valence-corrected chi connectivity index (χ1v) is 12.4. The largest absolute Gasteiger partial charge is 0.293 e. The minimum Gasteiger partial charge on any atom is -0.293 e. The monoisotopic (exact) mass is 475 g/mol. The van der Waals surface area contributed by atoms with E-state index in [1.807, 2.05) is 77.4 Å². The Morgan fingerprint density at radius 1 is 0.743 bits per heavy atom. The smallest absolute Gasteiger partial charge is 0.197 e. The topological polar surface area (TPSA) is 47.8 Å². The second-order valence-electron chi connectivity index (χ2n) is 8.49. The van der Waals surface area contributed by atoms with Gasteiger partial charge in [-0.1, -0.05) is 114 Å². The number of Topliss-reactive ketones (excluding diaryl/α,β-unsaturated/α-hetero) is 1. The fourth-order valence-corrected chi connectivity index (χ4v) is 5.14. The van der Waals surface area contributed by atoms with E-state index in [2.05, 4.69) is 60.4 Å². The van der Waals surface area contributed by atoms with Crippen LogP contribution < -0.4 is 0 Å². The second kappa shape index (κ2) is 10.1. The van der Waals surface area contributed by atoms with E-state index in [-0.39, 0.29) is 5.78 Å². The predicted octanol–water partition coefficient (Wildman–Crippen LogP) is 7.27. The van der Waals surface area contributed by atoms with Crippen LogP contribution in [0.1, 0.15) is 32.3 Å². The highest BCUT2D eigenvalue weighted by molar-refractivity contribution is 8.00. The number of nitrogens with zero attached hydrogens (tertiary/aromatic N) is 3. The number of aromatic nitrogens is 3. The lowest BCUT2D eigenvalue weighted by Gasteiger charge is -2.17. The summed E-state index contributed by atoms with van der Waals surface area (Å²) < 4.78 is 2.05. The van der Waals surface area contributed by atoms with E-state index in [1.165, 1.54) is 17.3 Å². The predicted molar refractivity (Wildman–Crippen MR) is 142 cm³/mol. The number of thioether (sulfide) groups is 1. The first-order chi connectivity index (χ1) is 17.1. The van der Waals surface area contributed by atoms with E-state index in [1.54, 1.807) is 0 Å². The van der Waals surface area contributed by atoms with Gasteiger partial charge in [0, 0.05) is 16.8 Å². The van der Waals surface area contributed by atoms with Gasteiger partial charge in [-0.05, 0) is 37.6 Å². The minimum atomic E-state index is -0.461. The Bertz CT molecular complexity index is 1440. The second-order valence-corrected chi connectivity index (χ2v) is 9.56. The highest BCUT2D eigenvalue weighted by Gasteiger charge is 2.27. The van der Waals surface area contributed by atoms with Crippen LogP contribution in [0.4, 0.5) is 0 Å². The van der Waals surface area contributed by atoms with Gasteiger partial charge in [-0.3, -0.25) is 9.36 Å². The molecule has 0 amide bonds. The van der Waals surface area contributed by atoms with Crippen LogP contribution in [0, 0.1) is 13.8 Å². The van der Waals surface area contributed by atoms with E-state index in [0.29, 0.717) is 10.7 Å². The number of benzene rings is 4. The Hall–Kier alpha value is -3.96. The zero-order valence-corrected chi connectivity index (χ0v) is 20.4. The molecule has 0 fully saturated rings. The molecule has 1 atom stereocenters. The number of hydrogen-bond donors (Lipinski definition) is 0. The quantitative estimate of drug-likeness (QED) is 0.183. The molecule has 1 aromatic heterocycles. The van der Waals surface area contributed by atoms with Crippen molar-refractivity contribution >= 4 is 17.5 Å². The molecule has 4 aromatic carbocycles. The van der Waals surface area contributed by atoms with Gasteiger partial charge < -0.3 is 0 Å². The number of hydrogen-bond acceptors (Lipinski definition) is 4. The lowest BCUT2D eigenvalue weighted by molar-refractivity contribution is 0.0989. The highest BCUT2D eigenvalue weighted by Crippen LogP contribution is 2.39. The summed E-state index contributed by atoms with van der Waals surface area (Å²) in [5.41, 5.74) is 5.87. The van der Waals surface area contributed by atoms with E-state index in [4.69, 9.17) is 0 Å². The summed E-state index contributed by atoms with van der Waals surface area (Å²) in [5.74, 6) is 0.788. The molecule has 172 valence electrons. The molecule has 0 saturated heterocycles. The molecule has 0 aliphatic heterocycles. The third-order valence-electron chi connectivity index (χ3n) is 5.82. The van der Waals surface area contributed by atoms with Crippen molar-refractivity contribution in [2.45, 2.75) is 24.3 Å². The Morgan fingerprint density at radius 3 is 2.11 bits per heavy atom. The maximum atomic E-state index is 13.7. The molecule has 4 nitrogen and oxygen atoms in total. The molecule has 0 saturated carbocycles. The van der Waals surface area contributed by atoms with Crippen molar-refractivity contribution in [2.24, 2.45) is 0 Å². The van der Waals surface area contributed by atoms with Crippen molar-refractivity contribution in [3.63, 3.8) is 0 Å². The summed E-state index contributed by atoms with van der Waals surface area (Å²) in [7, 11) is 0. The van der Waals surface area contributed by atoms with Crippen LogP contribution in [0.2, 0.25) is 0 Å². The van der Waals surface area contributed by atoms with Gasteiger partial charge in [0.25, 0.3) is 0 Å². The van der Waals surface area contributed by atoms with E-state index < -0.39 is 5.25 Å². The molecule has 5 aromatic rings. The fourth-order valence-electron chi connectivity index (χ4n) is 4.00. The van der Waals surface area contributed by atoms with Gasteiger partial charge in [0.05, 0.1) is 0 Å². The van der Waals surface area contributed by atoms with E-state index in [9.17, 15) is 4.79 Å². The van der Waals surface area contributed by atoms with Gasteiger partial charge in [0.2, 0.25) is 0 Å². The summed E-state index contributed by atoms with van der Waals surface area (Å²) in [6, 6.07) is 35.8. The van der Waals surface area contributed by atoms with Gasteiger partial charge in [-0.2, -0.15) is 0 Å². The SMILES string of the molecule is Cc1ccc(-n2c(S[C@H](C(=O)c3ccccc3)c3ccccc3)nnc2-c2cccc(C)c2)cc1. The van der Waals surface area contributed by atoms with E-state index in [0.717, 1.165) is 28.2 Å². The average Bonchev–Trinajstić information content (AvgIpc) is 3.32. The third kappa shape index (κ3) is 4.96. The van der Waals surface area contributed by atoms with Crippen LogP contribution in [-0.4, -0.2) is 20.5 Å². The zero-order chi connectivity index (χ0) is 24.2. The molecule has 5 heteroatoms. The van der Waals surface area contributed by atoms with Crippen molar-refractivity contribution in [1.82, 2.24) is 14.8 Å². The third-order valence-corrected chi connectivity index (χ3v) is 7.02. The molecule has 0 N–H and O–H groups in total. The number of ketones is 1. The molecule has 0 spiro atoms. The molecule has 0 aliphatic carbocycles. The van der Waals surface area contributed by atoms with Crippen molar-refractivity contribution < 1.29 is 4.79 Å². The van der Waals surface area contributed by atoms with Crippen LogP contribution in [0.5, 0.6) is 0 Å². The van der Waals surface area contributed by atoms with Crippen LogP contribution in [-0.2, 0) is 0 Å². The molecular weight excluding hydrogens is 450 g/mol. The normalized spacial score (nSPS) is 11.8. The Kier molecular flexibility index (Phi) is 6.59. The van der Waals surface area contributed by atoms with Crippen molar-refractivity contribution in [3.8, 4) is 17.1 Å². The first-order valence-electron chi connectivity index (χ1n) is 11.5. The summed E-state index contributed by atoms with van der Waals surface area (Å²) in [4.78, 5) is 13.7. The number of aryl methyl sites for hydroxylation is 2. The highest BCUT2D eigenvalue weighted by atomic mass is 32.2. The lowest BCUT2D eigenvalue weighted by atomic mass is 10.0. The van der Waals surface area contributed by atoms with Gasteiger partial charge in [-0.15, -0.1) is 10.2 Å². The Balaban J connectivity index is 1.63. The first kappa shape index (κ1) is 22.8. The minimum absolute atomic E-state index is 0.0392. The number of rotatable bonds is 7. The van der Waals surface area contributed by atoms with Crippen molar-refractivity contribution in [2.75, 3.05) is 0 Å². The average molecular weight is 476 g/mol. The van der Waals surface area contributed by atoms with Crippen molar-refractivity contribution in [3.05, 3.63) is 131 Å². The molecule has 1 heterocycles. The van der Waals surface area contributed by atoms with Crippen LogP contribution in [0.15, 0.2) is 114 Å². The van der Waals surface area contributed by atoms with Crippen LogP contribution in [0.25, 0.3) is 17.1 Å². The fraction of sp³-hybridized carbons (Fsp3) is 0.100. The molecule has 5 rings (SSSR count). The van der Waals surface area contributed by atoms with Crippen LogP contribution in [0.3, 0.4) is 0 Å². The maximum Gasteiger partial charge on any atom is 0.197 e. The molecule has 0 bridgehead atoms. The molecular formula is C30H25N3OS. The summed E-state index contributed by atoms with van der Waals surface area (Å²) in [6.07, 6.45) is 0. The van der Waals surface area contributed by atoms with Crippen molar-refractivity contribution in [1.29, 1.82) is 0 Å². The molecule has 0 aliphatic rings. The van der Waals surface area contributed by atoms with Gasteiger partial charge in [-0.25, -0.2) is 0 Å². The Labute approximate surface area is 209 Å². The van der Waals surface area contributed by atoms with Gasteiger partial charge in [0.1, 0.15) is 5.25 Å². The van der Waals surface area contributed by atoms with Gasteiger partial charge >= 0.3 is 0 Å². The summed E-state index contributed by atoms with van der Waals surface area (Å²) in [5, 5.41) is 9.38. The lowest BCUT2D eigenvalue weighted by Crippen LogP contribution is -2.11. The molecule has 0 radical (unpaired) electrons. The standard InChI is InChI=1S/C30H25N3OS/c1-21-16-18-26(19-17-21)33-29(25-15-9-10-22(2)20-25)31-32-30(33)35-28(24-13-7-4-8-14-24)27(34)23-11-5-3-6-12-23/h3-20,28H,1-2H3/t28-/m0/s1. The Morgan fingerprint density at radius 2 is 1.43 bits per heavy atom. The summed E-state index contributed by atoms with van der Waals surface area (Å²) >= 11 is 1.43. The van der Waals surface area contributed by atoms with Gasteiger partial charge in [0.15, 0.2) is 16.8 Å². The summed E-state index contributed by atoms with van der Waals surface area (Å²) in [6.45, 7) is 4.13. The maximum absolute atomic E-state index is 13.7. The van der Waals surface area contributed by atoms with Crippen LogP contribution >= 0.6 is 11.8 Å².